The molecule has 1 aliphatic heterocycles. The van der Waals surface area contributed by atoms with E-state index in [9.17, 15) is 0 Å². The zero-order chi connectivity index (χ0) is 6.70. The molecule has 2 atom stereocenters. The molecule has 0 aromatic carbocycles. The van der Waals surface area contributed by atoms with Gasteiger partial charge < -0.3 is 10.5 Å². The van der Waals surface area contributed by atoms with Crippen LogP contribution in [0.1, 0.15) is 20.3 Å². The minimum Gasteiger partial charge on any atom is -0.373 e. The van der Waals surface area contributed by atoms with E-state index in [0.717, 1.165) is 6.61 Å². The van der Waals surface area contributed by atoms with Crippen LogP contribution in [0.2, 0.25) is 0 Å². The number of ether oxygens (including phenoxy) is 1. The molecule has 0 radical (unpaired) electrons. The second-order valence-corrected chi connectivity index (χ2v) is 3.76. The summed E-state index contributed by atoms with van der Waals surface area (Å²) in [6.45, 7) is 5.05. The van der Waals surface area contributed by atoms with E-state index in [1.54, 1.807) is 0 Å². The topological polar surface area (TPSA) is 35.2 Å². The van der Waals surface area contributed by atoms with Crippen molar-refractivity contribution in [2.75, 3.05) is 6.61 Å². The van der Waals surface area contributed by atoms with Crippen LogP contribution in [0.5, 0.6) is 0 Å². The first-order valence-corrected chi connectivity index (χ1v) is 3.49. The zero-order valence-corrected chi connectivity index (χ0v) is 5.98. The predicted octanol–water partition coefficient (Wildman–Crippen LogP) is 0.513. The van der Waals surface area contributed by atoms with Crippen LogP contribution in [0.4, 0.5) is 0 Å². The summed E-state index contributed by atoms with van der Waals surface area (Å²) in [6.07, 6.45) is 1.17. The van der Waals surface area contributed by atoms with Gasteiger partial charge in [0.2, 0.25) is 0 Å². The average Bonchev–Trinajstić information content (AvgIpc) is 2.34. The molecule has 0 unspecified atom stereocenters. The first-order valence-electron chi connectivity index (χ1n) is 3.49. The van der Waals surface area contributed by atoms with Crippen molar-refractivity contribution < 1.29 is 4.74 Å². The maximum absolute atomic E-state index is 6.00. The number of hydrogen-bond acceptors (Lipinski definition) is 2. The van der Waals surface area contributed by atoms with Crippen molar-refractivity contribution in [1.29, 1.82) is 0 Å². The van der Waals surface area contributed by atoms with Crippen molar-refractivity contribution in [3.05, 3.63) is 0 Å². The minimum atomic E-state index is -0.0579. The SMILES string of the molecule is CC1(C)OC[C@H]2C[C@]21N. The molecule has 2 rings (SSSR count). The van der Waals surface area contributed by atoms with Gasteiger partial charge in [-0.1, -0.05) is 0 Å². The van der Waals surface area contributed by atoms with Gasteiger partial charge in [0.15, 0.2) is 0 Å². The van der Waals surface area contributed by atoms with Crippen molar-refractivity contribution in [2.24, 2.45) is 11.7 Å². The lowest BCUT2D eigenvalue weighted by atomic mass is 9.97. The fraction of sp³-hybridized carbons (Fsp3) is 1.00. The van der Waals surface area contributed by atoms with Crippen molar-refractivity contribution >= 4 is 0 Å². The second kappa shape index (κ2) is 1.18. The zero-order valence-electron chi connectivity index (χ0n) is 5.98. The number of hydrogen-bond donors (Lipinski definition) is 1. The Balaban J connectivity index is 2.28. The van der Waals surface area contributed by atoms with Crippen LogP contribution >= 0.6 is 0 Å². The molecule has 1 saturated carbocycles. The lowest BCUT2D eigenvalue weighted by Crippen LogP contribution is -2.44. The molecule has 9 heavy (non-hydrogen) atoms. The summed E-state index contributed by atoms with van der Waals surface area (Å²) in [5.41, 5.74) is 5.98. The van der Waals surface area contributed by atoms with Gasteiger partial charge in [-0.25, -0.2) is 0 Å². The van der Waals surface area contributed by atoms with Gasteiger partial charge >= 0.3 is 0 Å². The molecule has 0 amide bonds. The van der Waals surface area contributed by atoms with Gasteiger partial charge in [0.1, 0.15) is 0 Å². The third kappa shape index (κ3) is 0.485. The fourth-order valence-corrected chi connectivity index (χ4v) is 1.74. The molecule has 0 spiro atoms. The molecule has 1 saturated heterocycles. The largest absolute Gasteiger partial charge is 0.373 e. The molecule has 1 heterocycles. The summed E-state index contributed by atoms with van der Waals surface area (Å²) in [5.74, 6) is 0.660. The molecule has 2 heteroatoms. The minimum absolute atomic E-state index is 0.0347. The Bertz CT molecular complexity index is 150. The quantitative estimate of drug-likeness (QED) is 0.514. The van der Waals surface area contributed by atoms with E-state index in [4.69, 9.17) is 10.5 Å². The van der Waals surface area contributed by atoms with E-state index in [2.05, 4.69) is 13.8 Å². The highest BCUT2D eigenvalue weighted by Gasteiger charge is 2.65. The summed E-state index contributed by atoms with van der Waals surface area (Å²) < 4.78 is 5.48. The van der Waals surface area contributed by atoms with Crippen LogP contribution in [0, 0.1) is 5.92 Å². The third-order valence-corrected chi connectivity index (χ3v) is 2.92. The highest BCUT2D eigenvalue weighted by atomic mass is 16.5. The van der Waals surface area contributed by atoms with Gasteiger partial charge in [-0.15, -0.1) is 0 Å². The van der Waals surface area contributed by atoms with Crippen molar-refractivity contribution in [3.8, 4) is 0 Å². The predicted molar refractivity (Wildman–Crippen MR) is 35.1 cm³/mol. The molecule has 1 aliphatic carbocycles. The second-order valence-electron chi connectivity index (χ2n) is 3.76. The number of rotatable bonds is 0. The molecule has 2 N–H and O–H groups in total. The van der Waals surface area contributed by atoms with E-state index >= 15 is 0 Å². The fourth-order valence-electron chi connectivity index (χ4n) is 1.74. The van der Waals surface area contributed by atoms with Crippen LogP contribution < -0.4 is 5.73 Å². The van der Waals surface area contributed by atoms with Gasteiger partial charge in [-0.2, -0.15) is 0 Å². The third-order valence-electron chi connectivity index (χ3n) is 2.92. The number of fused-ring (bicyclic) bond motifs is 1. The average molecular weight is 127 g/mol. The molecule has 0 aromatic heterocycles. The maximum atomic E-state index is 6.00. The normalized spacial score (nSPS) is 53.0. The Morgan fingerprint density at radius 3 is 2.33 bits per heavy atom. The molecular formula is C7H13NO. The Kier molecular flexibility index (Phi) is 0.746. The molecule has 2 nitrogen and oxygen atoms in total. The highest BCUT2D eigenvalue weighted by molar-refractivity contribution is 5.21. The van der Waals surface area contributed by atoms with E-state index < -0.39 is 0 Å². The Labute approximate surface area is 55.4 Å². The van der Waals surface area contributed by atoms with Gasteiger partial charge in [0.25, 0.3) is 0 Å². The van der Waals surface area contributed by atoms with Gasteiger partial charge in [-0.05, 0) is 20.3 Å². The summed E-state index contributed by atoms with van der Waals surface area (Å²) >= 11 is 0. The van der Waals surface area contributed by atoms with Gasteiger partial charge in [-0.3, -0.25) is 0 Å². The molecule has 2 aliphatic rings. The standard InChI is InChI=1S/C7H13NO/c1-6(2)7(8)3-5(7)4-9-6/h5H,3-4,8H2,1-2H3/t5-,7+/m1/s1. The molecule has 2 fully saturated rings. The first-order chi connectivity index (χ1) is 4.06. The summed E-state index contributed by atoms with van der Waals surface area (Å²) in [4.78, 5) is 0. The van der Waals surface area contributed by atoms with Crippen LogP contribution in [-0.2, 0) is 4.74 Å². The highest BCUT2D eigenvalue weighted by Crippen LogP contribution is 2.55. The molecule has 0 bridgehead atoms. The lowest BCUT2D eigenvalue weighted by Gasteiger charge is -2.26. The van der Waals surface area contributed by atoms with Crippen LogP contribution in [0.3, 0.4) is 0 Å². The Morgan fingerprint density at radius 2 is 2.22 bits per heavy atom. The van der Waals surface area contributed by atoms with E-state index in [1.807, 2.05) is 0 Å². The maximum Gasteiger partial charge on any atom is 0.0808 e. The van der Waals surface area contributed by atoms with Crippen molar-refractivity contribution in [2.45, 2.75) is 31.4 Å². The molecule has 52 valence electrons. The van der Waals surface area contributed by atoms with Gasteiger partial charge in [0.05, 0.1) is 12.2 Å². The summed E-state index contributed by atoms with van der Waals surface area (Å²) in [5, 5.41) is 0. The lowest BCUT2D eigenvalue weighted by molar-refractivity contribution is -0.00123. The van der Waals surface area contributed by atoms with E-state index in [1.165, 1.54) is 6.42 Å². The van der Waals surface area contributed by atoms with Gasteiger partial charge in [0, 0.05) is 11.5 Å². The van der Waals surface area contributed by atoms with Crippen LogP contribution in [-0.4, -0.2) is 17.7 Å². The monoisotopic (exact) mass is 127 g/mol. The summed E-state index contributed by atoms with van der Waals surface area (Å²) in [6, 6.07) is 0. The van der Waals surface area contributed by atoms with E-state index in [0.29, 0.717) is 5.92 Å². The van der Waals surface area contributed by atoms with E-state index in [-0.39, 0.29) is 11.1 Å². The molecule has 0 aromatic rings. The summed E-state index contributed by atoms with van der Waals surface area (Å²) in [7, 11) is 0. The van der Waals surface area contributed by atoms with Crippen LogP contribution in [0.15, 0.2) is 0 Å². The first kappa shape index (κ1) is 5.69. The Hall–Kier alpha value is -0.0800. The smallest absolute Gasteiger partial charge is 0.0808 e. The van der Waals surface area contributed by atoms with Crippen molar-refractivity contribution in [3.63, 3.8) is 0 Å². The van der Waals surface area contributed by atoms with Crippen molar-refractivity contribution in [1.82, 2.24) is 0 Å². The number of nitrogens with two attached hydrogens (primary N) is 1. The molecular weight excluding hydrogens is 114 g/mol. The van der Waals surface area contributed by atoms with Crippen LogP contribution in [0.25, 0.3) is 0 Å². The Morgan fingerprint density at radius 1 is 1.56 bits per heavy atom.